The standard InChI is InChI=1S/C18H15FN2OS/c1-11-6-5-9-15(12(11)2)20-18-21-17(22)16(23-18)10-13-7-3-4-8-14(13)19/h3-10H,1-2H3,(H,20,21,22)/b16-10-. The Labute approximate surface area is 138 Å². The van der Waals surface area contributed by atoms with Gasteiger partial charge in [-0.15, -0.1) is 0 Å². The van der Waals surface area contributed by atoms with Gasteiger partial charge in [-0.25, -0.2) is 9.38 Å². The van der Waals surface area contributed by atoms with Crippen molar-refractivity contribution in [1.29, 1.82) is 0 Å². The Bertz CT molecular complexity index is 843. The van der Waals surface area contributed by atoms with Gasteiger partial charge in [0.15, 0.2) is 5.17 Å². The highest BCUT2D eigenvalue weighted by Crippen LogP contribution is 2.30. The average molecular weight is 326 g/mol. The highest BCUT2D eigenvalue weighted by Gasteiger charge is 2.24. The zero-order valence-corrected chi connectivity index (χ0v) is 13.6. The number of amidine groups is 1. The molecule has 0 spiro atoms. The van der Waals surface area contributed by atoms with E-state index >= 15 is 0 Å². The zero-order valence-electron chi connectivity index (χ0n) is 12.8. The van der Waals surface area contributed by atoms with Gasteiger partial charge in [0.2, 0.25) is 0 Å². The predicted octanol–water partition coefficient (Wildman–Crippen LogP) is 4.33. The van der Waals surface area contributed by atoms with Crippen molar-refractivity contribution in [1.82, 2.24) is 5.32 Å². The Morgan fingerprint density at radius 3 is 2.70 bits per heavy atom. The molecule has 1 fully saturated rings. The largest absolute Gasteiger partial charge is 0.300 e. The van der Waals surface area contributed by atoms with Gasteiger partial charge in [-0.05, 0) is 54.9 Å². The highest BCUT2D eigenvalue weighted by atomic mass is 32.2. The van der Waals surface area contributed by atoms with Crippen LogP contribution in [0.4, 0.5) is 10.1 Å². The van der Waals surface area contributed by atoms with E-state index in [1.54, 1.807) is 24.3 Å². The maximum absolute atomic E-state index is 13.7. The van der Waals surface area contributed by atoms with E-state index in [1.165, 1.54) is 17.8 Å². The molecule has 0 saturated carbocycles. The minimum absolute atomic E-state index is 0.262. The second-order valence-corrected chi connectivity index (χ2v) is 6.25. The molecule has 0 aromatic heterocycles. The molecule has 1 amide bonds. The number of aryl methyl sites for hydroxylation is 1. The Morgan fingerprint density at radius 1 is 1.13 bits per heavy atom. The molecule has 1 heterocycles. The Morgan fingerprint density at radius 2 is 1.91 bits per heavy atom. The van der Waals surface area contributed by atoms with Crippen LogP contribution in [0.5, 0.6) is 0 Å². The van der Waals surface area contributed by atoms with Crippen molar-refractivity contribution in [3.8, 4) is 0 Å². The van der Waals surface area contributed by atoms with Crippen LogP contribution < -0.4 is 5.32 Å². The summed E-state index contributed by atoms with van der Waals surface area (Å²) in [5.41, 5.74) is 3.42. The van der Waals surface area contributed by atoms with Crippen LogP contribution >= 0.6 is 11.8 Å². The first-order valence-corrected chi connectivity index (χ1v) is 7.96. The van der Waals surface area contributed by atoms with Crippen molar-refractivity contribution in [3.05, 3.63) is 69.9 Å². The van der Waals surface area contributed by atoms with Crippen LogP contribution in [0.15, 0.2) is 52.4 Å². The third-order valence-corrected chi connectivity index (χ3v) is 4.55. The Balaban J connectivity index is 1.89. The molecule has 3 nitrogen and oxygen atoms in total. The van der Waals surface area contributed by atoms with Crippen molar-refractivity contribution in [2.45, 2.75) is 13.8 Å². The molecular weight excluding hydrogens is 311 g/mol. The molecule has 1 aliphatic rings. The fraction of sp³-hybridized carbons (Fsp3) is 0.111. The summed E-state index contributed by atoms with van der Waals surface area (Å²) in [4.78, 5) is 17.0. The van der Waals surface area contributed by atoms with E-state index in [-0.39, 0.29) is 11.7 Å². The maximum atomic E-state index is 13.7. The second kappa shape index (κ2) is 6.38. The van der Waals surface area contributed by atoms with Crippen LogP contribution in [0.1, 0.15) is 16.7 Å². The van der Waals surface area contributed by atoms with Crippen LogP contribution in [0.25, 0.3) is 6.08 Å². The SMILES string of the molecule is Cc1cccc(N=C2NC(=O)/C(=C/c3ccccc3F)S2)c1C. The normalized spacial score (nSPS) is 17.8. The number of hydrogen-bond donors (Lipinski definition) is 1. The van der Waals surface area contributed by atoms with Crippen molar-refractivity contribution in [2.24, 2.45) is 4.99 Å². The summed E-state index contributed by atoms with van der Waals surface area (Å²) in [6, 6.07) is 12.2. The Kier molecular flexibility index (Phi) is 4.30. The average Bonchev–Trinajstić information content (AvgIpc) is 2.86. The Hall–Kier alpha value is -2.40. The molecule has 2 aromatic carbocycles. The fourth-order valence-corrected chi connectivity index (χ4v) is 3.01. The number of amides is 1. The number of carbonyl (C=O) groups excluding carboxylic acids is 1. The summed E-state index contributed by atoms with van der Waals surface area (Å²) in [7, 11) is 0. The first-order valence-electron chi connectivity index (χ1n) is 7.15. The summed E-state index contributed by atoms with van der Waals surface area (Å²) in [5, 5.41) is 3.23. The first-order chi connectivity index (χ1) is 11.0. The first kappa shape index (κ1) is 15.5. The maximum Gasteiger partial charge on any atom is 0.264 e. The molecule has 0 radical (unpaired) electrons. The number of rotatable bonds is 2. The lowest BCUT2D eigenvalue weighted by molar-refractivity contribution is -0.115. The summed E-state index contributed by atoms with van der Waals surface area (Å²) < 4.78 is 13.7. The topological polar surface area (TPSA) is 41.5 Å². The molecule has 2 aromatic rings. The molecule has 1 aliphatic heterocycles. The van der Waals surface area contributed by atoms with Crippen molar-refractivity contribution >= 4 is 34.6 Å². The third kappa shape index (κ3) is 3.35. The molecular formula is C18H15FN2OS. The number of thioether (sulfide) groups is 1. The van der Waals surface area contributed by atoms with E-state index < -0.39 is 0 Å². The van der Waals surface area contributed by atoms with E-state index in [1.807, 2.05) is 32.0 Å². The van der Waals surface area contributed by atoms with Crippen LogP contribution in [0.2, 0.25) is 0 Å². The van der Waals surface area contributed by atoms with Crippen molar-refractivity contribution in [2.75, 3.05) is 0 Å². The molecule has 1 N–H and O–H groups in total. The molecule has 0 bridgehead atoms. The lowest BCUT2D eigenvalue weighted by Gasteiger charge is -2.04. The van der Waals surface area contributed by atoms with Crippen LogP contribution in [0, 0.1) is 19.7 Å². The number of nitrogens with one attached hydrogen (secondary N) is 1. The molecule has 0 unspecified atom stereocenters. The quantitative estimate of drug-likeness (QED) is 0.834. The number of hydrogen-bond acceptors (Lipinski definition) is 3. The van der Waals surface area contributed by atoms with Gasteiger partial charge in [-0.1, -0.05) is 30.3 Å². The minimum atomic E-state index is -0.353. The molecule has 116 valence electrons. The van der Waals surface area contributed by atoms with E-state index in [2.05, 4.69) is 10.3 Å². The van der Waals surface area contributed by atoms with E-state index in [4.69, 9.17) is 0 Å². The summed E-state index contributed by atoms with van der Waals surface area (Å²) in [5.74, 6) is -0.615. The monoisotopic (exact) mass is 326 g/mol. The summed E-state index contributed by atoms with van der Waals surface area (Å²) in [6.45, 7) is 4.01. The van der Waals surface area contributed by atoms with E-state index in [0.29, 0.717) is 15.6 Å². The van der Waals surface area contributed by atoms with Crippen LogP contribution in [0.3, 0.4) is 0 Å². The van der Waals surface area contributed by atoms with Gasteiger partial charge >= 0.3 is 0 Å². The summed E-state index contributed by atoms with van der Waals surface area (Å²) >= 11 is 1.22. The minimum Gasteiger partial charge on any atom is -0.300 e. The number of nitrogens with zero attached hydrogens (tertiary/aromatic N) is 1. The van der Waals surface area contributed by atoms with Gasteiger partial charge in [-0.2, -0.15) is 0 Å². The highest BCUT2D eigenvalue weighted by molar-refractivity contribution is 8.18. The number of aliphatic imine (C=N–C) groups is 1. The molecule has 5 heteroatoms. The van der Waals surface area contributed by atoms with E-state index in [9.17, 15) is 9.18 Å². The van der Waals surface area contributed by atoms with Crippen LogP contribution in [-0.2, 0) is 4.79 Å². The number of benzene rings is 2. The lowest BCUT2D eigenvalue weighted by atomic mass is 10.1. The van der Waals surface area contributed by atoms with Gasteiger partial charge < -0.3 is 5.32 Å². The molecule has 23 heavy (non-hydrogen) atoms. The van der Waals surface area contributed by atoms with Gasteiger partial charge in [0, 0.05) is 5.56 Å². The van der Waals surface area contributed by atoms with Gasteiger partial charge in [-0.3, -0.25) is 4.79 Å². The number of halogens is 1. The lowest BCUT2D eigenvalue weighted by Crippen LogP contribution is -2.19. The van der Waals surface area contributed by atoms with Gasteiger partial charge in [0.05, 0.1) is 10.6 Å². The molecule has 0 atom stereocenters. The molecule has 0 aliphatic carbocycles. The fourth-order valence-electron chi connectivity index (χ4n) is 2.18. The van der Waals surface area contributed by atoms with E-state index in [0.717, 1.165) is 16.8 Å². The smallest absolute Gasteiger partial charge is 0.264 e. The van der Waals surface area contributed by atoms with Crippen LogP contribution in [-0.4, -0.2) is 11.1 Å². The third-order valence-electron chi connectivity index (χ3n) is 3.64. The van der Waals surface area contributed by atoms with Gasteiger partial charge in [0.1, 0.15) is 5.82 Å². The molecule has 1 saturated heterocycles. The predicted molar refractivity (Wildman–Crippen MR) is 93.1 cm³/mol. The van der Waals surface area contributed by atoms with Crippen molar-refractivity contribution < 1.29 is 9.18 Å². The molecule has 3 rings (SSSR count). The number of carbonyl (C=O) groups is 1. The zero-order chi connectivity index (χ0) is 16.4. The van der Waals surface area contributed by atoms with Gasteiger partial charge in [0.25, 0.3) is 5.91 Å². The summed E-state index contributed by atoms with van der Waals surface area (Å²) in [6.07, 6.45) is 1.54. The van der Waals surface area contributed by atoms with Crippen molar-refractivity contribution in [3.63, 3.8) is 0 Å². The second-order valence-electron chi connectivity index (χ2n) is 5.22.